The van der Waals surface area contributed by atoms with E-state index in [1.165, 1.54) is 5.56 Å². The highest BCUT2D eigenvalue weighted by atomic mass is 16.2. The fourth-order valence-corrected chi connectivity index (χ4v) is 3.73. The Kier molecular flexibility index (Phi) is 5.89. The van der Waals surface area contributed by atoms with Crippen molar-refractivity contribution in [3.8, 4) is 0 Å². The van der Waals surface area contributed by atoms with Gasteiger partial charge in [0.25, 0.3) is 0 Å². The number of likely N-dealkylation sites (tertiary alicyclic amines) is 1. The number of fused-ring (bicyclic) bond motifs is 1. The monoisotopic (exact) mass is 390 g/mol. The largest absolute Gasteiger partial charge is 0.350 e. The lowest BCUT2D eigenvalue weighted by atomic mass is 10.1. The second-order valence-corrected chi connectivity index (χ2v) is 7.58. The molecule has 0 spiro atoms. The summed E-state index contributed by atoms with van der Waals surface area (Å²) >= 11 is 0. The average molecular weight is 390 g/mol. The molecule has 0 saturated carbocycles. The second kappa shape index (κ2) is 8.90. The van der Waals surface area contributed by atoms with Crippen LogP contribution < -0.4 is 5.32 Å². The maximum Gasteiger partial charge on any atom is 0.239 e. The number of amides is 2. The van der Waals surface area contributed by atoms with Crippen LogP contribution in [0.1, 0.15) is 36.8 Å². The zero-order chi connectivity index (χ0) is 20.1. The zero-order valence-electron chi connectivity index (χ0n) is 16.5. The number of hydrogen-bond donors (Lipinski definition) is 1. The van der Waals surface area contributed by atoms with Crippen molar-refractivity contribution in [2.24, 2.45) is 0 Å². The lowest BCUT2D eigenvalue weighted by molar-refractivity contribution is -0.135. The third-order valence-electron chi connectivity index (χ3n) is 5.40. The van der Waals surface area contributed by atoms with Crippen molar-refractivity contribution in [3.05, 3.63) is 66.0 Å². The summed E-state index contributed by atoms with van der Waals surface area (Å²) in [5.41, 5.74) is 4.33. The second-order valence-electron chi connectivity index (χ2n) is 7.58. The first-order chi connectivity index (χ1) is 14.2. The summed E-state index contributed by atoms with van der Waals surface area (Å²) in [5.74, 6) is -0.0109. The molecule has 0 bridgehead atoms. The van der Waals surface area contributed by atoms with E-state index < -0.39 is 0 Å². The lowest BCUT2D eigenvalue weighted by Crippen LogP contribution is -2.40. The summed E-state index contributed by atoms with van der Waals surface area (Å²) in [6.07, 6.45) is 5.39. The molecule has 0 radical (unpaired) electrons. The summed E-state index contributed by atoms with van der Waals surface area (Å²) in [5, 5.41) is 2.93. The number of imidazole rings is 1. The van der Waals surface area contributed by atoms with Crippen molar-refractivity contribution in [2.75, 3.05) is 13.1 Å². The van der Waals surface area contributed by atoms with Gasteiger partial charge < -0.3 is 14.8 Å². The van der Waals surface area contributed by atoms with E-state index in [1.807, 2.05) is 36.7 Å². The predicted octanol–water partition coefficient (Wildman–Crippen LogP) is 3.10. The highest BCUT2D eigenvalue weighted by molar-refractivity contribution is 5.84. The van der Waals surface area contributed by atoms with Crippen molar-refractivity contribution in [2.45, 2.75) is 38.8 Å². The Morgan fingerprint density at radius 3 is 2.66 bits per heavy atom. The van der Waals surface area contributed by atoms with Gasteiger partial charge in [0.1, 0.15) is 0 Å². The summed E-state index contributed by atoms with van der Waals surface area (Å²) in [7, 11) is 0. The van der Waals surface area contributed by atoms with Gasteiger partial charge in [0.2, 0.25) is 11.8 Å². The third-order valence-corrected chi connectivity index (χ3v) is 5.40. The van der Waals surface area contributed by atoms with Crippen LogP contribution >= 0.6 is 0 Å². The van der Waals surface area contributed by atoms with Crippen LogP contribution in [0.25, 0.3) is 11.0 Å². The Morgan fingerprint density at radius 1 is 1.00 bits per heavy atom. The Hall–Kier alpha value is -3.15. The fraction of sp³-hybridized carbons (Fsp3) is 0.348. The van der Waals surface area contributed by atoms with Crippen LogP contribution in [0.5, 0.6) is 0 Å². The average Bonchev–Trinajstić information content (AvgIpc) is 3.03. The van der Waals surface area contributed by atoms with Crippen LogP contribution in [-0.2, 0) is 22.7 Å². The predicted molar refractivity (Wildman–Crippen MR) is 112 cm³/mol. The van der Waals surface area contributed by atoms with Crippen LogP contribution in [0.4, 0.5) is 0 Å². The zero-order valence-corrected chi connectivity index (χ0v) is 16.5. The minimum atomic E-state index is -0.103. The molecule has 3 aromatic rings. The number of para-hydroxylation sites is 2. The minimum Gasteiger partial charge on any atom is -0.350 e. The molecule has 1 aromatic heterocycles. The van der Waals surface area contributed by atoms with Crippen molar-refractivity contribution < 1.29 is 9.59 Å². The van der Waals surface area contributed by atoms with Gasteiger partial charge in [-0.05, 0) is 36.1 Å². The van der Waals surface area contributed by atoms with Gasteiger partial charge in [-0.1, -0.05) is 42.8 Å². The molecule has 1 N–H and O–H groups in total. The topological polar surface area (TPSA) is 67.2 Å². The van der Waals surface area contributed by atoms with E-state index in [4.69, 9.17) is 0 Å². The molecule has 1 fully saturated rings. The van der Waals surface area contributed by atoms with Gasteiger partial charge in [-0.15, -0.1) is 0 Å². The van der Waals surface area contributed by atoms with Gasteiger partial charge in [-0.3, -0.25) is 9.59 Å². The SMILES string of the molecule is O=C(CN1CCCCCC1=O)NCc1ccc(Cn2cnc3ccccc32)cc1. The molecule has 150 valence electrons. The maximum atomic E-state index is 12.2. The number of nitrogens with one attached hydrogen (secondary N) is 1. The van der Waals surface area contributed by atoms with E-state index >= 15 is 0 Å². The Labute approximate surface area is 170 Å². The number of carbonyl (C=O) groups excluding carboxylic acids is 2. The summed E-state index contributed by atoms with van der Waals surface area (Å²) in [6.45, 7) is 2.06. The van der Waals surface area contributed by atoms with Gasteiger partial charge in [-0.2, -0.15) is 0 Å². The molecule has 4 rings (SSSR count). The van der Waals surface area contributed by atoms with E-state index in [9.17, 15) is 9.59 Å². The number of carbonyl (C=O) groups is 2. The molecule has 1 saturated heterocycles. The van der Waals surface area contributed by atoms with Crippen molar-refractivity contribution in [3.63, 3.8) is 0 Å². The molecular formula is C23H26N4O2. The molecule has 29 heavy (non-hydrogen) atoms. The number of benzene rings is 2. The summed E-state index contributed by atoms with van der Waals surface area (Å²) in [4.78, 5) is 30.4. The van der Waals surface area contributed by atoms with Crippen molar-refractivity contribution in [1.82, 2.24) is 19.8 Å². The number of nitrogens with zero attached hydrogens (tertiary/aromatic N) is 3. The summed E-state index contributed by atoms with van der Waals surface area (Å²) < 4.78 is 2.13. The van der Waals surface area contributed by atoms with Crippen LogP contribution in [0.15, 0.2) is 54.9 Å². The van der Waals surface area contributed by atoms with Crippen LogP contribution in [0.2, 0.25) is 0 Å². The molecule has 1 aliphatic rings. The Balaban J connectivity index is 1.30. The van der Waals surface area contributed by atoms with E-state index in [0.29, 0.717) is 19.5 Å². The molecule has 6 nitrogen and oxygen atoms in total. The first-order valence-electron chi connectivity index (χ1n) is 10.2. The molecule has 0 aliphatic carbocycles. The first kappa shape index (κ1) is 19.2. The van der Waals surface area contributed by atoms with Gasteiger partial charge in [-0.25, -0.2) is 4.98 Å². The number of aromatic nitrogens is 2. The van der Waals surface area contributed by atoms with Crippen molar-refractivity contribution in [1.29, 1.82) is 0 Å². The number of hydrogen-bond acceptors (Lipinski definition) is 3. The third kappa shape index (κ3) is 4.83. The minimum absolute atomic E-state index is 0.0917. The fourth-order valence-electron chi connectivity index (χ4n) is 3.73. The van der Waals surface area contributed by atoms with E-state index in [1.54, 1.807) is 4.90 Å². The molecule has 6 heteroatoms. The maximum absolute atomic E-state index is 12.2. The smallest absolute Gasteiger partial charge is 0.239 e. The molecule has 2 aromatic carbocycles. The molecule has 0 unspecified atom stereocenters. The van der Waals surface area contributed by atoms with Crippen LogP contribution in [0, 0.1) is 0 Å². The highest BCUT2D eigenvalue weighted by Gasteiger charge is 2.18. The highest BCUT2D eigenvalue weighted by Crippen LogP contribution is 2.15. The van der Waals surface area contributed by atoms with Gasteiger partial charge in [0.05, 0.1) is 23.9 Å². The van der Waals surface area contributed by atoms with Crippen LogP contribution in [0.3, 0.4) is 0 Å². The molecule has 0 atom stereocenters. The summed E-state index contributed by atoms with van der Waals surface area (Å²) in [6, 6.07) is 16.3. The molecule has 1 aliphatic heterocycles. The standard InChI is InChI=1S/C23H26N4O2/c28-22(16-26-13-5-1-2-8-23(26)29)24-14-18-9-11-19(12-10-18)15-27-17-25-20-6-3-4-7-21(20)27/h3-4,6-7,9-12,17H,1-2,5,8,13-16H2,(H,24,28). The Bertz CT molecular complexity index is 994. The van der Waals surface area contributed by atoms with Gasteiger partial charge >= 0.3 is 0 Å². The Morgan fingerprint density at radius 2 is 1.79 bits per heavy atom. The van der Waals surface area contributed by atoms with E-state index in [-0.39, 0.29) is 18.4 Å². The lowest BCUT2D eigenvalue weighted by Gasteiger charge is -2.19. The quantitative estimate of drug-likeness (QED) is 0.703. The van der Waals surface area contributed by atoms with Crippen molar-refractivity contribution >= 4 is 22.8 Å². The first-order valence-corrected chi connectivity index (χ1v) is 10.2. The van der Waals surface area contributed by atoms with Gasteiger partial charge in [0.15, 0.2) is 0 Å². The van der Waals surface area contributed by atoms with E-state index in [0.717, 1.165) is 42.4 Å². The molecular weight excluding hydrogens is 364 g/mol. The van der Waals surface area contributed by atoms with Crippen LogP contribution in [-0.4, -0.2) is 39.4 Å². The number of rotatable bonds is 6. The molecule has 2 heterocycles. The van der Waals surface area contributed by atoms with E-state index in [2.05, 4.69) is 33.1 Å². The normalized spacial score (nSPS) is 14.8. The molecule has 2 amide bonds. The van der Waals surface area contributed by atoms with Gasteiger partial charge in [0, 0.05) is 26.1 Å².